The minimum atomic E-state index is -0.912. The Balaban J connectivity index is 1.22. The van der Waals surface area contributed by atoms with Crippen LogP contribution in [0.25, 0.3) is 6.08 Å². The molecule has 7 heteroatoms. The fraction of sp³-hybridized carbons (Fsp3) is 0.432. The molecule has 2 heterocycles. The molecule has 1 saturated heterocycles. The number of benzene rings is 2. The molecular formula is C37H47N3O4. The quantitative estimate of drug-likeness (QED) is 0.156. The number of carboxylic acid groups (broad SMARTS) is 1. The molecular weight excluding hydrogens is 550 g/mol. The topological polar surface area (TPSA) is 83.0 Å². The van der Waals surface area contributed by atoms with Crippen molar-refractivity contribution in [3.05, 3.63) is 95.8 Å². The van der Waals surface area contributed by atoms with Crippen molar-refractivity contribution < 1.29 is 19.4 Å². The molecule has 4 rings (SSSR count). The molecule has 0 aliphatic carbocycles. The molecule has 44 heavy (non-hydrogen) atoms. The SMILES string of the molecule is CC(=O)CCCCC(/C=C/c1ccccc1OCCCCCN1CCN(c2ccncc2)CC1)Cc1ccc(C(=O)O)cc1. The number of aromatic carboxylic acids is 1. The minimum Gasteiger partial charge on any atom is -0.493 e. The number of Topliss-reactive ketones (excluding diaryl/α,β-unsaturated/α-hetero) is 1. The van der Waals surface area contributed by atoms with Gasteiger partial charge >= 0.3 is 5.97 Å². The molecule has 0 bridgehead atoms. The summed E-state index contributed by atoms with van der Waals surface area (Å²) in [6, 6.07) is 19.5. The Morgan fingerprint density at radius 3 is 2.39 bits per heavy atom. The molecule has 1 fully saturated rings. The number of allylic oxidation sites excluding steroid dienone is 1. The number of unbranched alkanes of at least 4 members (excludes halogenated alkanes) is 3. The molecule has 7 nitrogen and oxygen atoms in total. The Kier molecular flexibility index (Phi) is 13.5. The van der Waals surface area contributed by atoms with E-state index in [1.54, 1.807) is 19.1 Å². The molecule has 0 spiro atoms. The average Bonchev–Trinajstić information content (AvgIpc) is 3.04. The lowest BCUT2D eigenvalue weighted by Crippen LogP contribution is -2.46. The van der Waals surface area contributed by atoms with Gasteiger partial charge in [0.15, 0.2) is 0 Å². The van der Waals surface area contributed by atoms with E-state index in [1.807, 2.05) is 42.7 Å². The highest BCUT2D eigenvalue weighted by atomic mass is 16.5. The smallest absolute Gasteiger partial charge is 0.335 e. The van der Waals surface area contributed by atoms with Crippen molar-refractivity contribution in [2.45, 2.75) is 58.3 Å². The minimum absolute atomic E-state index is 0.229. The number of hydrogen-bond donors (Lipinski definition) is 1. The van der Waals surface area contributed by atoms with E-state index in [-0.39, 0.29) is 11.7 Å². The van der Waals surface area contributed by atoms with Gasteiger partial charge in [-0.2, -0.15) is 0 Å². The number of aromatic nitrogens is 1. The zero-order valence-electron chi connectivity index (χ0n) is 26.1. The molecule has 1 unspecified atom stereocenters. The van der Waals surface area contributed by atoms with Gasteiger partial charge in [0.25, 0.3) is 0 Å². The number of hydrogen-bond acceptors (Lipinski definition) is 6. The van der Waals surface area contributed by atoms with E-state index in [1.165, 1.54) is 12.1 Å². The molecule has 0 saturated carbocycles. The number of carbonyl (C=O) groups excluding carboxylic acids is 1. The van der Waals surface area contributed by atoms with Crippen molar-refractivity contribution in [2.75, 3.05) is 44.2 Å². The maximum Gasteiger partial charge on any atom is 0.335 e. The molecule has 1 atom stereocenters. The van der Waals surface area contributed by atoms with Gasteiger partial charge in [0, 0.05) is 56.2 Å². The van der Waals surface area contributed by atoms with Crippen LogP contribution in [0.15, 0.2) is 79.1 Å². The van der Waals surface area contributed by atoms with Crippen LogP contribution >= 0.6 is 0 Å². The third kappa shape index (κ3) is 11.3. The summed E-state index contributed by atoms with van der Waals surface area (Å²) in [6.45, 7) is 7.81. The van der Waals surface area contributed by atoms with E-state index in [0.717, 1.165) is 88.1 Å². The fourth-order valence-corrected chi connectivity index (χ4v) is 5.70. The van der Waals surface area contributed by atoms with Crippen molar-refractivity contribution >= 4 is 23.5 Å². The number of piperazine rings is 1. The molecule has 1 aromatic heterocycles. The van der Waals surface area contributed by atoms with E-state index in [0.29, 0.717) is 18.6 Å². The lowest BCUT2D eigenvalue weighted by molar-refractivity contribution is -0.117. The number of ketones is 1. The van der Waals surface area contributed by atoms with Crippen molar-refractivity contribution in [1.82, 2.24) is 9.88 Å². The van der Waals surface area contributed by atoms with Crippen LogP contribution < -0.4 is 9.64 Å². The van der Waals surface area contributed by atoms with Gasteiger partial charge in [0.05, 0.1) is 12.2 Å². The van der Waals surface area contributed by atoms with E-state index in [2.05, 4.69) is 45.1 Å². The van der Waals surface area contributed by atoms with E-state index < -0.39 is 5.97 Å². The normalized spacial score (nSPS) is 14.5. The van der Waals surface area contributed by atoms with Gasteiger partial charge in [-0.05, 0) is 93.8 Å². The van der Waals surface area contributed by atoms with Crippen molar-refractivity contribution in [3.8, 4) is 5.75 Å². The zero-order chi connectivity index (χ0) is 31.0. The second kappa shape index (κ2) is 18.0. The zero-order valence-corrected chi connectivity index (χ0v) is 26.1. The first-order chi connectivity index (χ1) is 21.5. The molecule has 0 radical (unpaired) electrons. The van der Waals surface area contributed by atoms with Crippen LogP contribution in [0.2, 0.25) is 0 Å². The van der Waals surface area contributed by atoms with Gasteiger partial charge in [-0.25, -0.2) is 4.79 Å². The van der Waals surface area contributed by atoms with Gasteiger partial charge in [0.1, 0.15) is 11.5 Å². The predicted octanol–water partition coefficient (Wildman–Crippen LogP) is 7.17. The third-order valence-corrected chi connectivity index (χ3v) is 8.30. The molecule has 234 valence electrons. The first-order valence-electron chi connectivity index (χ1n) is 16.1. The molecule has 1 aliphatic heterocycles. The Morgan fingerprint density at radius 1 is 0.909 bits per heavy atom. The second-order valence-electron chi connectivity index (χ2n) is 11.8. The number of carboxylic acids is 1. The first-order valence-corrected chi connectivity index (χ1v) is 16.1. The summed E-state index contributed by atoms with van der Waals surface area (Å²) in [5.41, 5.74) is 3.73. The van der Waals surface area contributed by atoms with Crippen LogP contribution in [0.4, 0.5) is 5.69 Å². The summed E-state index contributed by atoms with van der Waals surface area (Å²) in [5, 5.41) is 9.23. The maximum atomic E-state index is 11.4. The van der Waals surface area contributed by atoms with Crippen LogP contribution in [0.1, 0.15) is 73.4 Å². The van der Waals surface area contributed by atoms with Crippen molar-refractivity contribution in [3.63, 3.8) is 0 Å². The molecule has 2 aromatic carbocycles. The summed E-state index contributed by atoms with van der Waals surface area (Å²) < 4.78 is 6.23. The second-order valence-corrected chi connectivity index (χ2v) is 11.8. The van der Waals surface area contributed by atoms with Gasteiger partial charge in [-0.3, -0.25) is 9.88 Å². The monoisotopic (exact) mass is 597 g/mol. The summed E-state index contributed by atoms with van der Waals surface area (Å²) >= 11 is 0. The Bertz CT molecular complexity index is 1320. The Morgan fingerprint density at radius 2 is 1.66 bits per heavy atom. The number of para-hydroxylation sites is 1. The molecule has 1 N–H and O–H groups in total. The molecule has 3 aromatic rings. The lowest BCUT2D eigenvalue weighted by atomic mass is 9.92. The van der Waals surface area contributed by atoms with E-state index >= 15 is 0 Å². The number of nitrogens with zero attached hydrogens (tertiary/aromatic N) is 3. The standard InChI is InChI=1S/C37H47N3O4/c1-30(41)9-3-4-10-31(29-32-14-17-34(18-15-32)37(42)43)13-16-33-11-5-6-12-36(33)44-28-8-2-7-23-39-24-26-40(27-25-39)35-19-21-38-22-20-35/h5-6,11-22,31H,2-4,7-10,23-29H2,1H3,(H,42,43)/b16-13+. The van der Waals surface area contributed by atoms with Crippen LogP contribution in [-0.2, 0) is 11.2 Å². The Hall–Kier alpha value is -3.97. The van der Waals surface area contributed by atoms with Crippen LogP contribution in [-0.4, -0.2) is 66.1 Å². The number of anilines is 1. The highest BCUT2D eigenvalue weighted by Crippen LogP contribution is 2.24. The summed E-state index contributed by atoms with van der Waals surface area (Å²) in [4.78, 5) is 31.8. The first kappa shape index (κ1) is 32.9. The van der Waals surface area contributed by atoms with Gasteiger partial charge in [-0.1, -0.05) is 48.9 Å². The summed E-state index contributed by atoms with van der Waals surface area (Å²) in [5.74, 6) is 0.492. The van der Waals surface area contributed by atoms with E-state index in [9.17, 15) is 14.7 Å². The fourth-order valence-electron chi connectivity index (χ4n) is 5.70. The molecule has 0 amide bonds. The van der Waals surface area contributed by atoms with Gasteiger partial charge in [-0.15, -0.1) is 0 Å². The number of ether oxygens (including phenoxy) is 1. The van der Waals surface area contributed by atoms with Crippen LogP contribution in [0.5, 0.6) is 5.75 Å². The van der Waals surface area contributed by atoms with Gasteiger partial charge in [0.2, 0.25) is 0 Å². The highest BCUT2D eigenvalue weighted by molar-refractivity contribution is 5.87. The van der Waals surface area contributed by atoms with Gasteiger partial charge < -0.3 is 19.5 Å². The average molecular weight is 598 g/mol. The largest absolute Gasteiger partial charge is 0.493 e. The maximum absolute atomic E-state index is 11.4. The summed E-state index contributed by atoms with van der Waals surface area (Å²) in [6.07, 6.45) is 15.7. The Labute approximate surface area is 262 Å². The highest BCUT2D eigenvalue weighted by Gasteiger charge is 2.16. The number of rotatable bonds is 18. The predicted molar refractivity (Wildman–Crippen MR) is 177 cm³/mol. The number of pyridine rings is 1. The van der Waals surface area contributed by atoms with Crippen molar-refractivity contribution in [1.29, 1.82) is 0 Å². The third-order valence-electron chi connectivity index (χ3n) is 8.30. The van der Waals surface area contributed by atoms with Crippen molar-refractivity contribution in [2.24, 2.45) is 5.92 Å². The van der Waals surface area contributed by atoms with E-state index in [4.69, 9.17) is 4.74 Å². The lowest BCUT2D eigenvalue weighted by Gasteiger charge is -2.36. The summed E-state index contributed by atoms with van der Waals surface area (Å²) in [7, 11) is 0. The number of carbonyl (C=O) groups is 2. The van der Waals surface area contributed by atoms with Crippen LogP contribution in [0, 0.1) is 5.92 Å². The molecule has 1 aliphatic rings. The van der Waals surface area contributed by atoms with Crippen LogP contribution in [0.3, 0.4) is 0 Å².